The van der Waals surface area contributed by atoms with Gasteiger partial charge < -0.3 is 10.1 Å². The fraction of sp³-hybridized carbons (Fsp3) is 0.500. The second-order valence-electron chi connectivity index (χ2n) is 4.68. The van der Waals surface area contributed by atoms with Crippen molar-refractivity contribution in [3.63, 3.8) is 0 Å². The largest absolute Gasteiger partial charge is 0.491 e. The minimum absolute atomic E-state index is 0.258. The van der Waals surface area contributed by atoms with Crippen LogP contribution in [0.4, 0.5) is 0 Å². The first kappa shape index (κ1) is 12.0. The highest BCUT2D eigenvalue weighted by Crippen LogP contribution is 2.32. The Bertz CT molecular complexity index is 538. The van der Waals surface area contributed by atoms with E-state index >= 15 is 0 Å². The first-order chi connectivity index (χ1) is 8.67. The molecule has 2 aliphatic rings. The van der Waals surface area contributed by atoms with E-state index in [4.69, 9.17) is 4.74 Å². The average molecular weight is 268 g/mol. The molecule has 98 valence electrons. The number of hydrogen-bond donors (Lipinski definition) is 2. The van der Waals surface area contributed by atoms with Gasteiger partial charge in [0.25, 0.3) is 0 Å². The lowest BCUT2D eigenvalue weighted by atomic mass is 10.1. The molecule has 1 aromatic rings. The van der Waals surface area contributed by atoms with Crippen LogP contribution in [0.1, 0.15) is 18.0 Å². The van der Waals surface area contributed by atoms with Crippen LogP contribution in [0.25, 0.3) is 0 Å². The maximum Gasteiger partial charge on any atom is 0.216 e. The summed E-state index contributed by atoms with van der Waals surface area (Å²) >= 11 is 0. The molecule has 0 amide bonds. The standard InChI is InChI=1S/C12H16N2O3S/c15-18(16,9-5-6-13-7-9)14-11-8-17-12-4-2-1-3-10(11)12/h1-4,9,11,13-14H,5-8H2. The van der Waals surface area contributed by atoms with Gasteiger partial charge in [0.05, 0.1) is 11.3 Å². The summed E-state index contributed by atoms with van der Waals surface area (Å²) in [7, 11) is -3.28. The average Bonchev–Trinajstić information content (AvgIpc) is 2.99. The van der Waals surface area contributed by atoms with E-state index in [0.29, 0.717) is 19.6 Å². The molecular weight excluding hydrogens is 252 g/mol. The number of fused-ring (bicyclic) bond motifs is 1. The number of nitrogens with one attached hydrogen (secondary N) is 2. The Balaban J connectivity index is 1.78. The van der Waals surface area contributed by atoms with E-state index in [1.807, 2.05) is 24.3 Å². The molecule has 6 heteroatoms. The summed E-state index contributed by atoms with van der Waals surface area (Å²) in [5.74, 6) is 0.773. The Labute approximate surface area is 107 Å². The van der Waals surface area contributed by atoms with Crippen LogP contribution >= 0.6 is 0 Å². The molecule has 2 atom stereocenters. The number of rotatable bonds is 3. The van der Waals surface area contributed by atoms with Crippen LogP contribution in [0.15, 0.2) is 24.3 Å². The van der Waals surface area contributed by atoms with Crippen molar-refractivity contribution >= 4 is 10.0 Å². The van der Waals surface area contributed by atoms with Crippen molar-refractivity contribution in [3.8, 4) is 5.75 Å². The van der Waals surface area contributed by atoms with Crippen LogP contribution in [0.2, 0.25) is 0 Å². The molecular formula is C12H16N2O3S. The van der Waals surface area contributed by atoms with Crippen LogP contribution in [0.5, 0.6) is 5.75 Å². The molecule has 2 unspecified atom stereocenters. The molecule has 3 rings (SSSR count). The lowest BCUT2D eigenvalue weighted by Crippen LogP contribution is -2.38. The first-order valence-electron chi connectivity index (χ1n) is 6.10. The van der Waals surface area contributed by atoms with Gasteiger partial charge >= 0.3 is 0 Å². The molecule has 0 spiro atoms. The zero-order valence-electron chi connectivity index (χ0n) is 9.93. The fourth-order valence-corrected chi connectivity index (χ4v) is 4.00. The van der Waals surface area contributed by atoms with Gasteiger partial charge in [0.2, 0.25) is 10.0 Å². The summed E-state index contributed by atoms with van der Waals surface area (Å²) in [6.45, 7) is 1.67. The number of ether oxygens (including phenoxy) is 1. The normalized spacial score (nSPS) is 26.9. The maximum atomic E-state index is 12.2. The van der Waals surface area contributed by atoms with Gasteiger partial charge in [0.15, 0.2) is 0 Å². The van der Waals surface area contributed by atoms with Crippen molar-refractivity contribution in [2.75, 3.05) is 19.7 Å². The van der Waals surface area contributed by atoms with Crippen LogP contribution < -0.4 is 14.8 Å². The molecule has 0 radical (unpaired) electrons. The Morgan fingerprint density at radius 3 is 2.94 bits per heavy atom. The van der Waals surface area contributed by atoms with Gasteiger partial charge in [-0.2, -0.15) is 0 Å². The second-order valence-corrected chi connectivity index (χ2v) is 6.67. The molecule has 0 aliphatic carbocycles. The van der Waals surface area contributed by atoms with E-state index in [1.165, 1.54) is 0 Å². The van der Waals surface area contributed by atoms with Crippen molar-refractivity contribution in [2.24, 2.45) is 0 Å². The highest BCUT2D eigenvalue weighted by molar-refractivity contribution is 7.90. The highest BCUT2D eigenvalue weighted by Gasteiger charge is 2.33. The fourth-order valence-electron chi connectivity index (χ4n) is 2.45. The number of hydrogen-bond acceptors (Lipinski definition) is 4. The lowest BCUT2D eigenvalue weighted by Gasteiger charge is -2.16. The van der Waals surface area contributed by atoms with E-state index in [9.17, 15) is 8.42 Å². The molecule has 0 saturated carbocycles. The number of sulfonamides is 1. The lowest BCUT2D eigenvalue weighted by molar-refractivity contribution is 0.324. The molecule has 1 aromatic carbocycles. The summed E-state index contributed by atoms with van der Waals surface area (Å²) in [6.07, 6.45) is 0.671. The Hall–Kier alpha value is -1.11. The van der Waals surface area contributed by atoms with E-state index in [1.54, 1.807) is 0 Å². The van der Waals surface area contributed by atoms with Crippen molar-refractivity contribution < 1.29 is 13.2 Å². The van der Waals surface area contributed by atoms with Gasteiger partial charge in [0.1, 0.15) is 12.4 Å². The zero-order valence-corrected chi connectivity index (χ0v) is 10.7. The SMILES string of the molecule is O=S(=O)(NC1COc2ccccc21)C1CCNC1. The molecule has 1 saturated heterocycles. The Morgan fingerprint density at radius 2 is 2.17 bits per heavy atom. The quantitative estimate of drug-likeness (QED) is 0.833. The summed E-state index contributed by atoms with van der Waals surface area (Å²) in [4.78, 5) is 0. The third-order valence-corrected chi connectivity index (χ3v) is 5.35. The molecule has 18 heavy (non-hydrogen) atoms. The molecule has 0 aromatic heterocycles. The number of para-hydroxylation sites is 1. The van der Waals surface area contributed by atoms with Crippen LogP contribution in [-0.4, -0.2) is 33.4 Å². The van der Waals surface area contributed by atoms with Crippen molar-refractivity contribution in [3.05, 3.63) is 29.8 Å². The molecule has 2 heterocycles. The molecule has 5 nitrogen and oxygen atoms in total. The first-order valence-corrected chi connectivity index (χ1v) is 7.65. The van der Waals surface area contributed by atoms with Crippen LogP contribution in [0, 0.1) is 0 Å². The summed E-state index contributed by atoms with van der Waals surface area (Å²) in [5, 5.41) is 2.74. The summed E-state index contributed by atoms with van der Waals surface area (Å²) < 4.78 is 32.6. The van der Waals surface area contributed by atoms with Crippen molar-refractivity contribution in [1.82, 2.24) is 10.0 Å². The molecule has 1 fully saturated rings. The van der Waals surface area contributed by atoms with E-state index < -0.39 is 10.0 Å². The van der Waals surface area contributed by atoms with E-state index in [-0.39, 0.29) is 11.3 Å². The number of benzene rings is 1. The smallest absolute Gasteiger partial charge is 0.216 e. The summed E-state index contributed by atoms with van der Waals surface area (Å²) in [6, 6.07) is 7.29. The Morgan fingerprint density at radius 1 is 1.33 bits per heavy atom. The van der Waals surface area contributed by atoms with Gasteiger partial charge in [-0.05, 0) is 19.0 Å². The highest BCUT2D eigenvalue weighted by atomic mass is 32.2. The van der Waals surface area contributed by atoms with Crippen molar-refractivity contribution in [2.45, 2.75) is 17.7 Å². The van der Waals surface area contributed by atoms with Gasteiger partial charge in [-0.1, -0.05) is 18.2 Å². The molecule has 2 aliphatic heterocycles. The van der Waals surface area contributed by atoms with Gasteiger partial charge in [-0.15, -0.1) is 0 Å². The van der Waals surface area contributed by atoms with E-state index in [2.05, 4.69) is 10.0 Å². The van der Waals surface area contributed by atoms with Gasteiger partial charge in [0, 0.05) is 12.1 Å². The third kappa shape index (κ3) is 2.11. The van der Waals surface area contributed by atoms with Gasteiger partial charge in [-0.25, -0.2) is 13.1 Å². The van der Waals surface area contributed by atoms with Crippen LogP contribution in [-0.2, 0) is 10.0 Å². The monoisotopic (exact) mass is 268 g/mol. The van der Waals surface area contributed by atoms with E-state index in [0.717, 1.165) is 17.9 Å². The Kier molecular flexibility index (Phi) is 3.01. The zero-order chi connectivity index (χ0) is 12.6. The maximum absolute atomic E-state index is 12.2. The topological polar surface area (TPSA) is 67.4 Å². The predicted octanol–water partition coefficient (Wildman–Crippen LogP) is 0.401. The third-order valence-electron chi connectivity index (χ3n) is 3.46. The summed E-state index contributed by atoms with van der Waals surface area (Å²) in [5.41, 5.74) is 0.923. The molecule has 2 N–H and O–H groups in total. The predicted molar refractivity (Wildman–Crippen MR) is 68.0 cm³/mol. The van der Waals surface area contributed by atoms with Gasteiger partial charge in [-0.3, -0.25) is 0 Å². The van der Waals surface area contributed by atoms with Crippen LogP contribution in [0.3, 0.4) is 0 Å². The minimum Gasteiger partial charge on any atom is -0.491 e. The molecule has 0 bridgehead atoms. The second kappa shape index (κ2) is 4.53. The minimum atomic E-state index is -3.28. The van der Waals surface area contributed by atoms with Crippen molar-refractivity contribution in [1.29, 1.82) is 0 Å².